The minimum atomic E-state index is -4.32. The molecule has 25 heavy (non-hydrogen) atoms. The van der Waals surface area contributed by atoms with Gasteiger partial charge in [0.15, 0.2) is 0 Å². The quantitative estimate of drug-likeness (QED) is 0.867. The highest BCUT2D eigenvalue weighted by molar-refractivity contribution is 5.93. The first-order chi connectivity index (χ1) is 11.7. The normalized spacial score (nSPS) is 21.6. The fourth-order valence-electron chi connectivity index (χ4n) is 3.13. The largest absolute Gasteiger partial charge is 0.404 e. The van der Waals surface area contributed by atoms with Crippen LogP contribution in [0.15, 0.2) is 24.3 Å². The molecule has 2 atom stereocenters. The van der Waals surface area contributed by atoms with Gasteiger partial charge in [0.05, 0.1) is 0 Å². The molecule has 1 aromatic rings. The maximum atomic E-state index is 13.3. The van der Waals surface area contributed by atoms with Crippen LogP contribution in [0.3, 0.4) is 0 Å². The molecule has 2 amide bonds. The third-order valence-corrected chi connectivity index (χ3v) is 4.30. The summed E-state index contributed by atoms with van der Waals surface area (Å²) in [5.74, 6) is -0.492. The predicted octanol–water partition coefficient (Wildman–Crippen LogP) is 2.08. The van der Waals surface area contributed by atoms with Crippen molar-refractivity contribution in [3.8, 4) is 0 Å². The number of nitrogens with zero attached hydrogens (tertiary/aromatic N) is 1. The van der Waals surface area contributed by atoms with E-state index >= 15 is 0 Å². The van der Waals surface area contributed by atoms with E-state index in [4.69, 9.17) is 0 Å². The van der Waals surface area contributed by atoms with Crippen molar-refractivity contribution in [3.63, 3.8) is 0 Å². The Morgan fingerprint density at radius 2 is 1.84 bits per heavy atom. The number of hydrogen-bond acceptors (Lipinski definition) is 3. The van der Waals surface area contributed by atoms with E-state index in [0.717, 1.165) is 0 Å². The second-order valence-corrected chi connectivity index (χ2v) is 6.24. The highest BCUT2D eigenvalue weighted by atomic mass is 19.4. The van der Waals surface area contributed by atoms with E-state index < -0.39 is 12.2 Å². The molecule has 1 aromatic carbocycles. The summed E-state index contributed by atoms with van der Waals surface area (Å²) in [6.45, 7) is 1.60. The van der Waals surface area contributed by atoms with Crippen LogP contribution in [0.25, 0.3) is 0 Å². The Balaban J connectivity index is 2.13. The van der Waals surface area contributed by atoms with Crippen LogP contribution in [0.2, 0.25) is 0 Å². The number of hydrogen-bond donors (Lipinski definition) is 2. The molecule has 0 saturated carbocycles. The van der Waals surface area contributed by atoms with Crippen LogP contribution >= 0.6 is 0 Å². The van der Waals surface area contributed by atoms with Crippen molar-refractivity contribution < 1.29 is 22.8 Å². The van der Waals surface area contributed by atoms with Crippen molar-refractivity contribution in [1.29, 1.82) is 0 Å². The first kappa shape index (κ1) is 19.2. The molecule has 1 fully saturated rings. The smallest absolute Gasteiger partial charge is 0.355 e. The monoisotopic (exact) mass is 357 g/mol. The Hall–Kier alpha value is -2.09. The number of carbonyl (C=O) groups is 2. The summed E-state index contributed by atoms with van der Waals surface area (Å²) in [5.41, 5.74) is 1.14. The molecular weight excluding hydrogens is 335 g/mol. The fourth-order valence-corrected chi connectivity index (χ4v) is 3.13. The van der Waals surface area contributed by atoms with Crippen LogP contribution in [0.1, 0.15) is 35.7 Å². The van der Waals surface area contributed by atoms with Crippen molar-refractivity contribution in [2.75, 3.05) is 13.6 Å². The van der Waals surface area contributed by atoms with E-state index in [0.29, 0.717) is 17.5 Å². The molecule has 138 valence electrons. The van der Waals surface area contributed by atoms with Crippen LogP contribution in [0.5, 0.6) is 0 Å². The maximum absolute atomic E-state index is 13.3. The zero-order chi connectivity index (χ0) is 18.6. The Labute approximate surface area is 144 Å². The zero-order valence-corrected chi connectivity index (χ0v) is 14.2. The first-order valence-corrected chi connectivity index (χ1v) is 8.09. The van der Waals surface area contributed by atoms with Crippen molar-refractivity contribution in [2.24, 2.45) is 0 Å². The second kappa shape index (κ2) is 7.86. The molecule has 1 aliphatic heterocycles. The predicted molar refractivity (Wildman–Crippen MR) is 86.9 cm³/mol. The van der Waals surface area contributed by atoms with Crippen molar-refractivity contribution in [1.82, 2.24) is 15.5 Å². The third-order valence-electron chi connectivity index (χ3n) is 4.30. The van der Waals surface area contributed by atoms with Gasteiger partial charge in [0.1, 0.15) is 6.04 Å². The van der Waals surface area contributed by atoms with Crippen LogP contribution in [0, 0.1) is 0 Å². The summed E-state index contributed by atoms with van der Waals surface area (Å²) in [4.78, 5) is 24.1. The zero-order valence-electron chi connectivity index (χ0n) is 14.2. The summed E-state index contributed by atoms with van der Waals surface area (Å²) in [6, 6.07) is 4.66. The Morgan fingerprint density at radius 1 is 1.20 bits per heavy atom. The van der Waals surface area contributed by atoms with Gasteiger partial charge in [-0.1, -0.05) is 12.1 Å². The topological polar surface area (TPSA) is 61.4 Å². The number of carbonyl (C=O) groups excluding carboxylic acids is 2. The highest BCUT2D eigenvalue weighted by Gasteiger charge is 2.46. The summed E-state index contributed by atoms with van der Waals surface area (Å²) in [5, 5.41) is 5.19. The molecule has 2 N–H and O–H groups in total. The molecule has 2 unspecified atom stereocenters. The first-order valence-electron chi connectivity index (χ1n) is 8.09. The molecule has 0 bridgehead atoms. The average Bonchev–Trinajstić information content (AvgIpc) is 2.53. The van der Waals surface area contributed by atoms with E-state index in [1.54, 1.807) is 24.3 Å². The molecule has 0 aromatic heterocycles. The number of rotatable bonds is 4. The van der Waals surface area contributed by atoms with Crippen molar-refractivity contribution in [2.45, 2.75) is 44.6 Å². The minimum Gasteiger partial charge on any atom is -0.355 e. The van der Waals surface area contributed by atoms with Gasteiger partial charge in [-0.15, -0.1) is 0 Å². The summed E-state index contributed by atoms with van der Waals surface area (Å²) >= 11 is 0. The van der Waals surface area contributed by atoms with Crippen LogP contribution < -0.4 is 10.6 Å². The summed E-state index contributed by atoms with van der Waals surface area (Å²) < 4.78 is 40.0. The maximum Gasteiger partial charge on any atom is 0.404 e. The van der Waals surface area contributed by atoms with E-state index in [-0.39, 0.29) is 37.4 Å². The molecule has 2 rings (SSSR count). The molecule has 5 nitrogen and oxygen atoms in total. The SMILES string of the molecule is CNC(=O)c1ccc(CN2CC(NC(C)=O)CCC2C(F)(F)F)cc1. The van der Waals surface area contributed by atoms with Gasteiger partial charge in [0, 0.05) is 38.7 Å². The molecule has 0 aliphatic carbocycles. The number of amides is 2. The number of alkyl halides is 3. The van der Waals surface area contributed by atoms with Gasteiger partial charge >= 0.3 is 6.18 Å². The molecule has 0 radical (unpaired) electrons. The van der Waals surface area contributed by atoms with Gasteiger partial charge in [-0.3, -0.25) is 14.5 Å². The van der Waals surface area contributed by atoms with Gasteiger partial charge in [-0.05, 0) is 30.5 Å². The number of halogens is 3. The van der Waals surface area contributed by atoms with Gasteiger partial charge in [-0.25, -0.2) is 0 Å². The highest BCUT2D eigenvalue weighted by Crippen LogP contribution is 2.33. The average molecular weight is 357 g/mol. The summed E-state index contributed by atoms with van der Waals surface area (Å²) in [7, 11) is 1.51. The van der Waals surface area contributed by atoms with E-state index in [9.17, 15) is 22.8 Å². The lowest BCUT2D eigenvalue weighted by atomic mass is 9.96. The van der Waals surface area contributed by atoms with Gasteiger partial charge < -0.3 is 10.6 Å². The van der Waals surface area contributed by atoms with Gasteiger partial charge in [0.2, 0.25) is 5.91 Å². The van der Waals surface area contributed by atoms with Crippen LogP contribution in [-0.4, -0.2) is 48.6 Å². The molecule has 1 aliphatic rings. The third kappa shape index (κ3) is 5.19. The number of benzene rings is 1. The van der Waals surface area contributed by atoms with Gasteiger partial charge in [0.25, 0.3) is 5.91 Å². The molecule has 1 saturated heterocycles. The number of piperidine rings is 1. The Morgan fingerprint density at radius 3 is 2.36 bits per heavy atom. The second-order valence-electron chi connectivity index (χ2n) is 6.24. The number of nitrogens with one attached hydrogen (secondary N) is 2. The van der Waals surface area contributed by atoms with Crippen molar-refractivity contribution >= 4 is 11.8 Å². The Bertz CT molecular complexity index is 617. The molecule has 0 spiro atoms. The molecular formula is C17H22F3N3O2. The standard InChI is InChI=1S/C17H22F3N3O2/c1-11(24)22-14-7-8-15(17(18,19)20)23(10-14)9-12-3-5-13(6-4-12)16(25)21-2/h3-6,14-15H,7-10H2,1-2H3,(H,21,25)(H,22,24). The molecule has 8 heteroatoms. The van der Waals surface area contributed by atoms with E-state index in [1.165, 1.54) is 18.9 Å². The lowest BCUT2D eigenvalue weighted by Crippen LogP contribution is -2.55. The van der Waals surface area contributed by atoms with Crippen LogP contribution in [-0.2, 0) is 11.3 Å². The number of likely N-dealkylation sites (tertiary alicyclic amines) is 1. The lowest BCUT2D eigenvalue weighted by molar-refractivity contribution is -0.194. The Kier molecular flexibility index (Phi) is 6.05. The fraction of sp³-hybridized carbons (Fsp3) is 0.529. The molecule has 1 heterocycles. The summed E-state index contributed by atoms with van der Waals surface area (Å²) in [6.07, 6.45) is -4.07. The van der Waals surface area contributed by atoms with E-state index in [1.807, 2.05) is 0 Å². The lowest BCUT2D eigenvalue weighted by Gasteiger charge is -2.40. The minimum absolute atomic E-state index is 0.0508. The van der Waals surface area contributed by atoms with Crippen LogP contribution in [0.4, 0.5) is 13.2 Å². The van der Waals surface area contributed by atoms with Gasteiger partial charge in [-0.2, -0.15) is 13.2 Å². The van der Waals surface area contributed by atoms with E-state index in [2.05, 4.69) is 10.6 Å². The van der Waals surface area contributed by atoms with Crippen molar-refractivity contribution in [3.05, 3.63) is 35.4 Å².